The van der Waals surface area contributed by atoms with E-state index in [0.717, 1.165) is 5.56 Å². The first kappa shape index (κ1) is 15.6. The van der Waals surface area contributed by atoms with Crippen LogP contribution in [0.4, 0.5) is 14.0 Å². The molecule has 2 aliphatic rings. The van der Waals surface area contributed by atoms with Gasteiger partial charge in [0.05, 0.1) is 12.1 Å². The number of rotatable bonds is 3. The molecule has 124 valence electrons. The maximum Gasteiger partial charge on any atom is 0.407 e. The third-order valence-electron chi connectivity index (χ3n) is 4.56. The molecule has 2 N–H and O–H groups in total. The molecule has 0 unspecified atom stereocenters. The molecule has 0 aromatic heterocycles. The number of carbonyl (C=O) groups is 2. The van der Waals surface area contributed by atoms with Crippen LogP contribution in [0.2, 0.25) is 0 Å². The monoisotopic (exact) mass is 322 g/mol. The summed E-state index contributed by atoms with van der Waals surface area (Å²) in [5, 5.41) is 11.7. The van der Waals surface area contributed by atoms with Gasteiger partial charge in [-0.25, -0.2) is 14.0 Å². The Balaban J connectivity index is 1.54. The smallest absolute Gasteiger partial charge is 0.407 e. The number of hydrogen-bond acceptors (Lipinski definition) is 3. The predicted octanol–water partition coefficient (Wildman–Crippen LogP) is 2.53. The Kier molecular flexibility index (Phi) is 4.36. The fourth-order valence-electron chi connectivity index (χ4n) is 3.50. The molecule has 1 aromatic carbocycles. The number of nitrogens with zero attached hydrogens (tertiary/aromatic N) is 1. The van der Waals surface area contributed by atoms with Gasteiger partial charge < -0.3 is 15.2 Å². The maximum atomic E-state index is 14.5. The van der Waals surface area contributed by atoms with E-state index in [4.69, 9.17) is 9.84 Å². The van der Waals surface area contributed by atoms with E-state index in [-0.39, 0.29) is 19.1 Å². The predicted molar refractivity (Wildman–Crippen MR) is 79.7 cm³/mol. The van der Waals surface area contributed by atoms with E-state index in [0.29, 0.717) is 12.8 Å². The number of ether oxygens (including phenoxy) is 1. The number of alkyl halides is 1. The Labute approximate surface area is 133 Å². The van der Waals surface area contributed by atoms with Gasteiger partial charge >= 0.3 is 12.2 Å². The minimum atomic E-state index is -1.41. The Bertz CT molecular complexity index is 583. The highest BCUT2D eigenvalue weighted by Crippen LogP contribution is 2.37. The summed E-state index contributed by atoms with van der Waals surface area (Å²) < 4.78 is 19.6. The summed E-state index contributed by atoms with van der Waals surface area (Å²) in [4.78, 5) is 24.2. The molecule has 0 saturated carbocycles. The minimum absolute atomic E-state index is 0.116. The number of fused-ring (bicyclic) bond motifs is 2. The van der Waals surface area contributed by atoms with Crippen molar-refractivity contribution in [3.8, 4) is 0 Å². The van der Waals surface area contributed by atoms with Crippen LogP contribution in [0.15, 0.2) is 30.3 Å². The third-order valence-corrected chi connectivity index (χ3v) is 4.56. The van der Waals surface area contributed by atoms with Crippen LogP contribution in [-0.4, -0.2) is 46.5 Å². The molecule has 2 amide bonds. The summed E-state index contributed by atoms with van der Waals surface area (Å²) in [6, 6.07) is 7.60. The van der Waals surface area contributed by atoms with Crippen LogP contribution in [0, 0.1) is 0 Å². The van der Waals surface area contributed by atoms with Crippen molar-refractivity contribution in [2.45, 2.75) is 50.2 Å². The molecular formula is C16H19FN2O4. The number of carboxylic acid groups (broad SMARTS) is 1. The first-order chi connectivity index (χ1) is 11.1. The van der Waals surface area contributed by atoms with Crippen molar-refractivity contribution in [3.63, 3.8) is 0 Å². The van der Waals surface area contributed by atoms with E-state index in [1.54, 1.807) is 0 Å². The zero-order valence-electron chi connectivity index (χ0n) is 12.5. The Hall–Kier alpha value is -2.31. The van der Waals surface area contributed by atoms with Gasteiger partial charge in [-0.15, -0.1) is 0 Å². The number of halogens is 1. The molecule has 1 aromatic rings. The van der Waals surface area contributed by atoms with Crippen molar-refractivity contribution in [1.29, 1.82) is 0 Å². The molecule has 2 heterocycles. The summed E-state index contributed by atoms with van der Waals surface area (Å²) in [5.41, 5.74) is 0.847. The van der Waals surface area contributed by atoms with E-state index in [1.807, 2.05) is 30.3 Å². The van der Waals surface area contributed by atoms with Crippen molar-refractivity contribution in [3.05, 3.63) is 35.9 Å². The van der Waals surface area contributed by atoms with Crippen LogP contribution >= 0.6 is 0 Å². The second-order valence-corrected chi connectivity index (χ2v) is 5.98. The molecule has 2 fully saturated rings. The van der Waals surface area contributed by atoms with Crippen molar-refractivity contribution in [2.24, 2.45) is 0 Å². The Morgan fingerprint density at radius 2 is 2.04 bits per heavy atom. The molecule has 0 spiro atoms. The fraction of sp³-hybridized carbons (Fsp3) is 0.500. The van der Waals surface area contributed by atoms with E-state index in [9.17, 15) is 14.0 Å². The molecule has 4 atom stereocenters. The van der Waals surface area contributed by atoms with E-state index in [1.165, 1.54) is 4.90 Å². The SMILES string of the molecule is O=C(N[C@H]1C[C@H]2CC[C@@H]([C@H]1F)N2C(=O)O)OCc1ccccc1. The van der Waals surface area contributed by atoms with Gasteiger partial charge in [0.25, 0.3) is 0 Å². The molecule has 2 bridgehead atoms. The second kappa shape index (κ2) is 6.44. The normalized spacial score (nSPS) is 29.2. The average molecular weight is 322 g/mol. The van der Waals surface area contributed by atoms with E-state index >= 15 is 0 Å². The highest BCUT2D eigenvalue weighted by atomic mass is 19.1. The Morgan fingerprint density at radius 3 is 2.74 bits per heavy atom. The number of hydrogen-bond donors (Lipinski definition) is 2. The maximum absolute atomic E-state index is 14.5. The van der Waals surface area contributed by atoms with Gasteiger partial charge in [0, 0.05) is 6.04 Å². The van der Waals surface area contributed by atoms with E-state index < -0.39 is 30.4 Å². The number of benzene rings is 1. The molecule has 3 rings (SSSR count). The topological polar surface area (TPSA) is 78.9 Å². The molecule has 7 heteroatoms. The molecule has 0 radical (unpaired) electrons. The van der Waals surface area contributed by atoms with Gasteiger partial charge in [-0.2, -0.15) is 0 Å². The first-order valence-electron chi connectivity index (χ1n) is 7.69. The average Bonchev–Trinajstić information content (AvgIpc) is 2.89. The number of nitrogens with one attached hydrogen (secondary N) is 1. The minimum Gasteiger partial charge on any atom is -0.465 e. The van der Waals surface area contributed by atoms with Gasteiger partial charge in [0.1, 0.15) is 12.8 Å². The summed E-state index contributed by atoms with van der Waals surface area (Å²) in [7, 11) is 0. The standard InChI is InChI=1S/C16H19FN2O4/c17-14-12(8-11-6-7-13(14)19(11)16(21)22)18-15(20)23-9-10-4-2-1-3-5-10/h1-5,11-14H,6-9H2,(H,18,20)(H,21,22)/t11-,12+,13+,14+/m1/s1. The van der Waals surface area contributed by atoms with Crippen LogP contribution in [0.5, 0.6) is 0 Å². The largest absolute Gasteiger partial charge is 0.465 e. The summed E-state index contributed by atoms with van der Waals surface area (Å²) in [6.45, 7) is 0.116. The summed E-state index contributed by atoms with van der Waals surface area (Å²) in [5.74, 6) is 0. The molecule has 23 heavy (non-hydrogen) atoms. The lowest BCUT2D eigenvalue weighted by Crippen LogP contribution is -2.59. The van der Waals surface area contributed by atoms with Crippen molar-refractivity contribution < 1.29 is 23.8 Å². The summed E-state index contributed by atoms with van der Waals surface area (Å²) in [6.07, 6.45) is -1.77. The lowest BCUT2D eigenvalue weighted by atomic mass is 9.96. The van der Waals surface area contributed by atoms with Gasteiger partial charge in [-0.05, 0) is 24.8 Å². The highest BCUT2D eigenvalue weighted by molar-refractivity contribution is 5.69. The highest BCUT2D eigenvalue weighted by Gasteiger charge is 2.50. The van der Waals surface area contributed by atoms with E-state index in [2.05, 4.69) is 5.32 Å². The first-order valence-corrected chi connectivity index (χ1v) is 7.69. The van der Waals surface area contributed by atoms with Crippen LogP contribution in [0.25, 0.3) is 0 Å². The van der Waals surface area contributed by atoms with Crippen LogP contribution in [0.1, 0.15) is 24.8 Å². The molecule has 0 aliphatic carbocycles. The zero-order chi connectivity index (χ0) is 16.4. The number of carbonyl (C=O) groups excluding carboxylic acids is 1. The number of piperidine rings is 1. The van der Waals surface area contributed by atoms with Crippen molar-refractivity contribution >= 4 is 12.2 Å². The van der Waals surface area contributed by atoms with Gasteiger partial charge in [0.15, 0.2) is 0 Å². The summed E-state index contributed by atoms with van der Waals surface area (Å²) >= 11 is 0. The quantitative estimate of drug-likeness (QED) is 0.896. The second-order valence-electron chi connectivity index (χ2n) is 5.98. The van der Waals surface area contributed by atoms with Gasteiger partial charge in [-0.1, -0.05) is 30.3 Å². The molecule has 2 saturated heterocycles. The van der Waals surface area contributed by atoms with Crippen molar-refractivity contribution in [1.82, 2.24) is 10.2 Å². The Morgan fingerprint density at radius 1 is 1.30 bits per heavy atom. The molecule has 6 nitrogen and oxygen atoms in total. The van der Waals surface area contributed by atoms with Crippen LogP contribution in [-0.2, 0) is 11.3 Å². The third kappa shape index (κ3) is 3.23. The van der Waals surface area contributed by atoms with Crippen molar-refractivity contribution in [2.75, 3.05) is 0 Å². The van der Waals surface area contributed by atoms with Gasteiger partial charge in [0.2, 0.25) is 0 Å². The molecular weight excluding hydrogens is 303 g/mol. The van der Waals surface area contributed by atoms with Crippen LogP contribution < -0.4 is 5.32 Å². The van der Waals surface area contributed by atoms with Gasteiger partial charge in [-0.3, -0.25) is 4.90 Å². The zero-order valence-corrected chi connectivity index (χ0v) is 12.5. The number of alkyl carbamates (subject to hydrolysis) is 1. The lowest BCUT2D eigenvalue weighted by Gasteiger charge is -2.39. The lowest BCUT2D eigenvalue weighted by molar-refractivity contribution is 0.0387. The fourth-order valence-corrected chi connectivity index (χ4v) is 3.50. The molecule has 2 aliphatic heterocycles. The number of amides is 2. The van der Waals surface area contributed by atoms with Crippen LogP contribution in [0.3, 0.4) is 0 Å².